The fourth-order valence-electron chi connectivity index (χ4n) is 1.06. The zero-order valence-electron chi connectivity index (χ0n) is 8.91. The molecule has 0 saturated heterocycles. The Labute approximate surface area is 88.1 Å². The molecule has 0 rings (SSSR count). The van der Waals surface area contributed by atoms with Crippen molar-refractivity contribution in [3.8, 4) is 0 Å². The van der Waals surface area contributed by atoms with Gasteiger partial charge in [0.1, 0.15) is 0 Å². The number of nitrogens with two attached hydrogens (primary N) is 1. The average molecular weight is 220 g/mol. The third-order valence-corrected chi connectivity index (χ3v) is 2.71. The average Bonchev–Trinajstić information content (AvgIpc) is 2.12. The summed E-state index contributed by atoms with van der Waals surface area (Å²) in [6.45, 7) is 2.56. The van der Waals surface area contributed by atoms with E-state index in [0.29, 0.717) is 18.7 Å². The van der Waals surface area contributed by atoms with Crippen molar-refractivity contribution in [1.82, 2.24) is 5.32 Å². The molecule has 1 unspecified atom stereocenters. The first-order valence-corrected chi connectivity index (χ1v) is 6.64. The maximum absolute atomic E-state index is 11.3. The van der Waals surface area contributed by atoms with Crippen molar-refractivity contribution in [3.63, 3.8) is 0 Å². The lowest BCUT2D eigenvalue weighted by atomic mass is 10.2. The quantitative estimate of drug-likeness (QED) is 0.593. The standard InChI is InChI=1S/C9H20N2O2S/c1-3-5-8(10)9(12)11-6-4-7-14(2)13/h8H,3-7,10H2,1-2H3,(H,11,12)/t8-,14?/m1/s1. The van der Waals surface area contributed by atoms with Crippen molar-refractivity contribution in [2.75, 3.05) is 18.6 Å². The molecule has 0 radical (unpaired) electrons. The summed E-state index contributed by atoms with van der Waals surface area (Å²) in [6, 6.07) is -0.396. The van der Waals surface area contributed by atoms with Crippen LogP contribution in [0.25, 0.3) is 0 Å². The zero-order valence-corrected chi connectivity index (χ0v) is 9.73. The number of rotatable bonds is 7. The first kappa shape index (κ1) is 13.6. The van der Waals surface area contributed by atoms with Crippen molar-refractivity contribution in [1.29, 1.82) is 0 Å². The zero-order chi connectivity index (χ0) is 11.0. The van der Waals surface area contributed by atoms with E-state index in [1.54, 1.807) is 6.26 Å². The summed E-state index contributed by atoms with van der Waals surface area (Å²) in [4.78, 5) is 11.3. The fourth-order valence-corrected chi connectivity index (χ4v) is 1.61. The van der Waals surface area contributed by atoms with Crippen LogP contribution in [-0.2, 0) is 15.6 Å². The first-order valence-electron chi connectivity index (χ1n) is 4.91. The third-order valence-electron chi connectivity index (χ3n) is 1.84. The van der Waals surface area contributed by atoms with Crippen LogP contribution in [0.1, 0.15) is 26.2 Å². The Bertz CT molecular complexity index is 197. The normalized spacial score (nSPS) is 14.8. The molecule has 5 heteroatoms. The number of hydrogen-bond donors (Lipinski definition) is 2. The van der Waals surface area contributed by atoms with Crippen molar-refractivity contribution in [2.45, 2.75) is 32.2 Å². The van der Waals surface area contributed by atoms with Crippen LogP contribution < -0.4 is 11.1 Å². The molecule has 0 bridgehead atoms. The van der Waals surface area contributed by atoms with Gasteiger partial charge in [-0.25, -0.2) is 0 Å². The molecule has 0 saturated carbocycles. The van der Waals surface area contributed by atoms with Crippen LogP contribution in [0.5, 0.6) is 0 Å². The Morgan fingerprint density at radius 2 is 2.21 bits per heavy atom. The largest absolute Gasteiger partial charge is 0.355 e. The Morgan fingerprint density at radius 1 is 1.57 bits per heavy atom. The predicted octanol–water partition coefficient (Wildman–Crippen LogP) is -0.00140. The predicted molar refractivity (Wildman–Crippen MR) is 59.4 cm³/mol. The van der Waals surface area contributed by atoms with E-state index in [9.17, 15) is 9.00 Å². The molecular weight excluding hydrogens is 200 g/mol. The van der Waals surface area contributed by atoms with Gasteiger partial charge in [0.2, 0.25) is 5.91 Å². The minimum absolute atomic E-state index is 0.103. The highest BCUT2D eigenvalue weighted by Gasteiger charge is 2.10. The molecule has 3 N–H and O–H groups in total. The minimum atomic E-state index is -0.777. The molecule has 0 fully saturated rings. The van der Waals surface area contributed by atoms with E-state index in [1.807, 2.05) is 6.92 Å². The lowest BCUT2D eigenvalue weighted by Gasteiger charge is -2.10. The Hall–Kier alpha value is -0.420. The van der Waals surface area contributed by atoms with Crippen LogP contribution in [0.15, 0.2) is 0 Å². The van der Waals surface area contributed by atoms with Gasteiger partial charge in [-0.2, -0.15) is 0 Å². The van der Waals surface area contributed by atoms with E-state index in [4.69, 9.17) is 5.73 Å². The molecule has 0 aromatic carbocycles. The van der Waals surface area contributed by atoms with Crippen LogP contribution in [0, 0.1) is 0 Å². The number of carbonyl (C=O) groups is 1. The molecule has 84 valence electrons. The van der Waals surface area contributed by atoms with E-state index in [1.165, 1.54) is 0 Å². The van der Waals surface area contributed by atoms with Crippen molar-refractivity contribution in [2.24, 2.45) is 5.73 Å². The second-order valence-electron chi connectivity index (χ2n) is 3.32. The summed E-state index contributed by atoms with van der Waals surface area (Å²) < 4.78 is 10.7. The molecule has 14 heavy (non-hydrogen) atoms. The summed E-state index contributed by atoms with van der Waals surface area (Å²) in [5, 5.41) is 2.72. The van der Waals surface area contributed by atoms with E-state index < -0.39 is 16.8 Å². The molecule has 0 aromatic heterocycles. The van der Waals surface area contributed by atoms with E-state index in [2.05, 4.69) is 5.32 Å². The van der Waals surface area contributed by atoms with Gasteiger partial charge in [-0.1, -0.05) is 13.3 Å². The van der Waals surface area contributed by atoms with Crippen LogP contribution in [-0.4, -0.2) is 34.7 Å². The number of nitrogens with one attached hydrogen (secondary N) is 1. The van der Waals surface area contributed by atoms with Crippen LogP contribution >= 0.6 is 0 Å². The molecule has 0 spiro atoms. The minimum Gasteiger partial charge on any atom is -0.355 e. The molecule has 2 atom stereocenters. The van der Waals surface area contributed by atoms with Gasteiger partial charge in [-0.3, -0.25) is 9.00 Å². The molecule has 4 nitrogen and oxygen atoms in total. The van der Waals surface area contributed by atoms with Gasteiger partial charge in [0.15, 0.2) is 0 Å². The van der Waals surface area contributed by atoms with Gasteiger partial charge < -0.3 is 11.1 Å². The Balaban J connectivity index is 3.48. The summed E-state index contributed by atoms with van der Waals surface area (Å²) in [5.41, 5.74) is 5.60. The second-order valence-corrected chi connectivity index (χ2v) is 4.87. The number of amides is 1. The van der Waals surface area contributed by atoms with E-state index in [0.717, 1.165) is 12.8 Å². The Morgan fingerprint density at radius 3 is 2.71 bits per heavy atom. The summed E-state index contributed by atoms with van der Waals surface area (Å²) in [7, 11) is -0.777. The molecule has 0 aliphatic carbocycles. The topological polar surface area (TPSA) is 72.2 Å². The van der Waals surface area contributed by atoms with Crippen molar-refractivity contribution in [3.05, 3.63) is 0 Å². The monoisotopic (exact) mass is 220 g/mol. The smallest absolute Gasteiger partial charge is 0.236 e. The fraction of sp³-hybridized carbons (Fsp3) is 0.889. The first-order chi connectivity index (χ1) is 6.57. The lowest BCUT2D eigenvalue weighted by Crippen LogP contribution is -2.40. The molecule has 1 amide bonds. The van der Waals surface area contributed by atoms with Gasteiger partial charge in [0, 0.05) is 29.4 Å². The van der Waals surface area contributed by atoms with Crippen LogP contribution in [0.4, 0.5) is 0 Å². The van der Waals surface area contributed by atoms with Crippen molar-refractivity contribution < 1.29 is 9.00 Å². The second kappa shape index (κ2) is 7.94. The maximum Gasteiger partial charge on any atom is 0.236 e. The lowest BCUT2D eigenvalue weighted by molar-refractivity contribution is -0.122. The van der Waals surface area contributed by atoms with Gasteiger partial charge in [-0.15, -0.1) is 0 Å². The molecule has 0 aromatic rings. The number of carbonyl (C=O) groups excluding carboxylic acids is 1. The number of hydrogen-bond acceptors (Lipinski definition) is 3. The molecule has 0 heterocycles. The van der Waals surface area contributed by atoms with E-state index in [-0.39, 0.29) is 5.91 Å². The van der Waals surface area contributed by atoms with Gasteiger partial charge in [-0.05, 0) is 12.8 Å². The van der Waals surface area contributed by atoms with Gasteiger partial charge in [0.05, 0.1) is 6.04 Å². The van der Waals surface area contributed by atoms with Gasteiger partial charge in [0.25, 0.3) is 0 Å². The molecule has 0 aliphatic rings. The van der Waals surface area contributed by atoms with Crippen LogP contribution in [0.2, 0.25) is 0 Å². The molecule has 0 aliphatic heterocycles. The van der Waals surface area contributed by atoms with Crippen LogP contribution in [0.3, 0.4) is 0 Å². The summed E-state index contributed by atoms with van der Waals surface area (Å²) >= 11 is 0. The highest BCUT2D eigenvalue weighted by Crippen LogP contribution is 1.92. The highest BCUT2D eigenvalue weighted by atomic mass is 32.2. The maximum atomic E-state index is 11.3. The third kappa shape index (κ3) is 7.03. The van der Waals surface area contributed by atoms with Crippen molar-refractivity contribution >= 4 is 16.7 Å². The van der Waals surface area contributed by atoms with Gasteiger partial charge >= 0.3 is 0 Å². The summed E-state index contributed by atoms with van der Waals surface area (Å²) in [5.74, 6) is 0.525. The SMILES string of the molecule is CCC[C@@H](N)C(=O)NCCCS(C)=O. The summed E-state index contributed by atoms with van der Waals surface area (Å²) in [6.07, 6.45) is 4.03. The van der Waals surface area contributed by atoms with E-state index >= 15 is 0 Å². The highest BCUT2D eigenvalue weighted by molar-refractivity contribution is 7.84. The Kier molecular flexibility index (Phi) is 7.70. The molecular formula is C9H20N2O2S.